The highest BCUT2D eigenvalue weighted by molar-refractivity contribution is 5.35. The van der Waals surface area contributed by atoms with Crippen LogP contribution in [0.1, 0.15) is 33.4 Å². The Morgan fingerprint density at radius 1 is 1.25 bits per heavy atom. The standard InChI is InChI=1S/C12H22N4/c1-6-16(5)11-8-7-10(14-15-11)9-13-12(2,3)4/h7-8,13H,6,9H2,1-5H3. The Bertz CT molecular complexity index is 313. The van der Waals surface area contributed by atoms with Crippen molar-refractivity contribution in [3.05, 3.63) is 17.8 Å². The van der Waals surface area contributed by atoms with E-state index < -0.39 is 0 Å². The summed E-state index contributed by atoms with van der Waals surface area (Å²) in [6.45, 7) is 10.2. The van der Waals surface area contributed by atoms with Crippen LogP contribution in [0.2, 0.25) is 0 Å². The van der Waals surface area contributed by atoms with Crippen LogP contribution in [0.4, 0.5) is 5.82 Å². The highest BCUT2D eigenvalue weighted by atomic mass is 15.2. The molecule has 1 aromatic rings. The van der Waals surface area contributed by atoms with Crippen molar-refractivity contribution in [1.82, 2.24) is 15.5 Å². The molecule has 90 valence electrons. The Morgan fingerprint density at radius 2 is 1.94 bits per heavy atom. The molecule has 4 nitrogen and oxygen atoms in total. The second kappa shape index (κ2) is 5.25. The number of hydrogen-bond acceptors (Lipinski definition) is 4. The van der Waals surface area contributed by atoms with Crippen molar-refractivity contribution in [1.29, 1.82) is 0 Å². The lowest BCUT2D eigenvalue weighted by molar-refractivity contribution is 0.420. The smallest absolute Gasteiger partial charge is 0.150 e. The van der Waals surface area contributed by atoms with Gasteiger partial charge in [0.1, 0.15) is 0 Å². The Morgan fingerprint density at radius 3 is 2.38 bits per heavy atom. The molecular weight excluding hydrogens is 200 g/mol. The number of nitrogens with zero attached hydrogens (tertiary/aromatic N) is 3. The van der Waals surface area contributed by atoms with Gasteiger partial charge in [-0.2, -0.15) is 5.10 Å². The summed E-state index contributed by atoms with van der Waals surface area (Å²) in [7, 11) is 2.01. The molecule has 0 aliphatic heterocycles. The first-order valence-corrected chi connectivity index (χ1v) is 5.71. The van der Waals surface area contributed by atoms with Crippen molar-refractivity contribution in [3.8, 4) is 0 Å². The van der Waals surface area contributed by atoms with E-state index in [1.54, 1.807) is 0 Å². The van der Waals surface area contributed by atoms with Gasteiger partial charge in [-0.15, -0.1) is 5.10 Å². The van der Waals surface area contributed by atoms with Crippen LogP contribution >= 0.6 is 0 Å². The Hall–Kier alpha value is -1.16. The second-order valence-corrected chi connectivity index (χ2v) is 5.00. The van der Waals surface area contributed by atoms with Crippen LogP contribution in [0.5, 0.6) is 0 Å². The van der Waals surface area contributed by atoms with Crippen LogP contribution < -0.4 is 10.2 Å². The molecule has 0 atom stereocenters. The monoisotopic (exact) mass is 222 g/mol. The predicted molar refractivity (Wildman–Crippen MR) is 67.6 cm³/mol. The molecule has 1 heterocycles. The van der Waals surface area contributed by atoms with E-state index >= 15 is 0 Å². The highest BCUT2D eigenvalue weighted by Gasteiger charge is 2.09. The van der Waals surface area contributed by atoms with E-state index in [9.17, 15) is 0 Å². The van der Waals surface area contributed by atoms with Crippen molar-refractivity contribution in [2.45, 2.75) is 39.8 Å². The van der Waals surface area contributed by atoms with Gasteiger partial charge in [-0.1, -0.05) is 0 Å². The van der Waals surface area contributed by atoms with Gasteiger partial charge in [-0.3, -0.25) is 0 Å². The summed E-state index contributed by atoms with van der Waals surface area (Å²) < 4.78 is 0. The lowest BCUT2D eigenvalue weighted by Crippen LogP contribution is -2.35. The Kier molecular flexibility index (Phi) is 4.24. The minimum absolute atomic E-state index is 0.112. The van der Waals surface area contributed by atoms with Crippen LogP contribution in [0, 0.1) is 0 Å². The summed E-state index contributed by atoms with van der Waals surface area (Å²) in [6.07, 6.45) is 0. The van der Waals surface area contributed by atoms with Gasteiger partial charge in [0.05, 0.1) is 5.69 Å². The van der Waals surface area contributed by atoms with Crippen molar-refractivity contribution in [3.63, 3.8) is 0 Å². The van der Waals surface area contributed by atoms with E-state index in [2.05, 4.69) is 48.1 Å². The van der Waals surface area contributed by atoms with E-state index in [0.717, 1.165) is 24.6 Å². The molecule has 1 N–H and O–H groups in total. The molecular formula is C12H22N4. The minimum atomic E-state index is 0.112. The predicted octanol–water partition coefficient (Wildman–Crippen LogP) is 1.82. The first-order chi connectivity index (χ1) is 7.42. The van der Waals surface area contributed by atoms with Gasteiger partial charge < -0.3 is 10.2 Å². The fraction of sp³-hybridized carbons (Fsp3) is 0.667. The van der Waals surface area contributed by atoms with Gasteiger partial charge in [-0.25, -0.2) is 0 Å². The molecule has 0 spiro atoms. The third kappa shape index (κ3) is 4.14. The SMILES string of the molecule is CCN(C)c1ccc(CNC(C)(C)C)nn1. The van der Waals surface area contributed by atoms with Gasteiger partial charge in [0.25, 0.3) is 0 Å². The fourth-order valence-electron chi connectivity index (χ4n) is 1.17. The zero-order valence-corrected chi connectivity index (χ0v) is 10.9. The van der Waals surface area contributed by atoms with E-state index in [-0.39, 0.29) is 5.54 Å². The number of anilines is 1. The molecule has 0 fully saturated rings. The molecule has 0 aliphatic rings. The molecule has 0 saturated heterocycles. The van der Waals surface area contributed by atoms with Crippen molar-refractivity contribution >= 4 is 5.82 Å². The molecule has 16 heavy (non-hydrogen) atoms. The summed E-state index contributed by atoms with van der Waals surface area (Å²) in [6, 6.07) is 4.03. The zero-order valence-electron chi connectivity index (χ0n) is 10.9. The highest BCUT2D eigenvalue weighted by Crippen LogP contribution is 2.07. The van der Waals surface area contributed by atoms with Gasteiger partial charge in [0, 0.05) is 25.7 Å². The fourth-order valence-corrected chi connectivity index (χ4v) is 1.17. The van der Waals surface area contributed by atoms with Crippen molar-refractivity contribution in [2.75, 3.05) is 18.5 Å². The molecule has 0 amide bonds. The summed E-state index contributed by atoms with van der Waals surface area (Å²) >= 11 is 0. The quantitative estimate of drug-likeness (QED) is 0.843. The summed E-state index contributed by atoms with van der Waals surface area (Å²) in [5.74, 6) is 0.919. The average Bonchev–Trinajstić information content (AvgIpc) is 2.25. The normalized spacial score (nSPS) is 11.6. The maximum absolute atomic E-state index is 4.20. The molecule has 0 aliphatic carbocycles. The molecule has 0 radical (unpaired) electrons. The van der Waals surface area contributed by atoms with Gasteiger partial charge in [0.15, 0.2) is 5.82 Å². The van der Waals surface area contributed by atoms with E-state index in [1.165, 1.54) is 0 Å². The largest absolute Gasteiger partial charge is 0.358 e. The van der Waals surface area contributed by atoms with E-state index in [0.29, 0.717) is 0 Å². The maximum Gasteiger partial charge on any atom is 0.150 e. The van der Waals surface area contributed by atoms with Crippen LogP contribution in [0.25, 0.3) is 0 Å². The Labute approximate surface area is 98.1 Å². The summed E-state index contributed by atoms with van der Waals surface area (Å²) in [4.78, 5) is 2.06. The number of nitrogens with one attached hydrogen (secondary N) is 1. The minimum Gasteiger partial charge on any atom is -0.358 e. The lowest BCUT2D eigenvalue weighted by atomic mass is 10.1. The van der Waals surface area contributed by atoms with Gasteiger partial charge in [-0.05, 0) is 39.8 Å². The summed E-state index contributed by atoms with van der Waals surface area (Å²) in [5, 5.41) is 11.8. The molecule has 1 rings (SSSR count). The molecule has 0 bridgehead atoms. The van der Waals surface area contributed by atoms with Crippen LogP contribution in [0.15, 0.2) is 12.1 Å². The number of rotatable bonds is 4. The van der Waals surface area contributed by atoms with Crippen LogP contribution in [-0.4, -0.2) is 29.3 Å². The number of aromatic nitrogens is 2. The van der Waals surface area contributed by atoms with Gasteiger partial charge >= 0.3 is 0 Å². The van der Waals surface area contributed by atoms with Gasteiger partial charge in [0.2, 0.25) is 0 Å². The topological polar surface area (TPSA) is 41.0 Å². The molecule has 0 saturated carbocycles. The third-order valence-electron chi connectivity index (χ3n) is 2.37. The van der Waals surface area contributed by atoms with Crippen LogP contribution in [0.3, 0.4) is 0 Å². The molecule has 1 aromatic heterocycles. The van der Waals surface area contributed by atoms with E-state index in [4.69, 9.17) is 0 Å². The van der Waals surface area contributed by atoms with Crippen molar-refractivity contribution < 1.29 is 0 Å². The number of hydrogen-bond donors (Lipinski definition) is 1. The first kappa shape index (κ1) is 12.9. The van der Waals surface area contributed by atoms with Crippen molar-refractivity contribution in [2.24, 2.45) is 0 Å². The molecule has 0 unspecified atom stereocenters. The maximum atomic E-state index is 4.20. The lowest BCUT2D eigenvalue weighted by Gasteiger charge is -2.20. The molecule has 4 heteroatoms. The molecule has 0 aromatic carbocycles. The zero-order chi connectivity index (χ0) is 12.2. The van der Waals surface area contributed by atoms with E-state index in [1.807, 2.05) is 19.2 Å². The first-order valence-electron chi connectivity index (χ1n) is 5.71. The van der Waals surface area contributed by atoms with Crippen LogP contribution in [-0.2, 0) is 6.54 Å². The summed E-state index contributed by atoms with van der Waals surface area (Å²) in [5.41, 5.74) is 1.09. The average molecular weight is 222 g/mol. The second-order valence-electron chi connectivity index (χ2n) is 5.00. The Balaban J connectivity index is 2.58. The third-order valence-corrected chi connectivity index (χ3v) is 2.37.